The highest BCUT2D eigenvalue weighted by atomic mass is 19.4. The zero-order chi connectivity index (χ0) is 30.4. The number of rotatable bonds is 5. The number of alkyl halides is 3. The number of amides is 2. The van der Waals surface area contributed by atoms with Crippen molar-refractivity contribution in [3.8, 4) is 0 Å². The van der Waals surface area contributed by atoms with Crippen LogP contribution >= 0.6 is 0 Å². The molecular weight excluding hydrogens is 561 g/mol. The lowest BCUT2D eigenvalue weighted by Gasteiger charge is -2.34. The largest absolute Gasteiger partial charge is 0.416 e. The van der Waals surface area contributed by atoms with Gasteiger partial charge in [-0.15, -0.1) is 4.59 Å². The average molecular weight is 594 g/mol. The molecular formula is C30H32F3N8O2+. The van der Waals surface area contributed by atoms with Crippen molar-refractivity contribution in [2.75, 3.05) is 38.5 Å². The number of anilines is 1. The molecule has 1 unspecified atom stereocenters. The lowest BCUT2D eigenvalue weighted by Crippen LogP contribution is -2.53. The standard InChI is InChI=1S/C30H31F3N8O2/c1-39-13-9-22(17-39)29(43)40-12-2-3-21(18-40)26-24-16-35-11-14-41(24,34)27(38-26)19-4-6-20(7-5-19)28(42)37-25-15-23(8-10-36-25)30(31,32)33/h4-8,10-11,14-16,21-22H,2-3,9,12-13,17-18,34H2,1H3/p+1/t21-,22-,41?/m1/s1. The van der Waals surface area contributed by atoms with E-state index in [0.717, 1.165) is 68.6 Å². The predicted molar refractivity (Wildman–Crippen MR) is 154 cm³/mol. The predicted octanol–water partition coefficient (Wildman–Crippen LogP) is 3.76. The van der Waals surface area contributed by atoms with E-state index in [1.165, 1.54) is 0 Å². The Kier molecular flexibility index (Phi) is 7.48. The van der Waals surface area contributed by atoms with Crippen LogP contribution in [0.4, 0.5) is 19.0 Å². The second-order valence-electron chi connectivity index (χ2n) is 11.4. The van der Waals surface area contributed by atoms with Crippen molar-refractivity contribution in [2.45, 2.75) is 25.4 Å². The summed E-state index contributed by atoms with van der Waals surface area (Å²) >= 11 is 0. The van der Waals surface area contributed by atoms with Gasteiger partial charge in [-0.3, -0.25) is 14.6 Å². The Morgan fingerprint density at radius 1 is 1.09 bits per heavy atom. The summed E-state index contributed by atoms with van der Waals surface area (Å²) in [6.45, 7) is 3.00. The number of hydrogen-bond acceptors (Lipinski definition) is 7. The van der Waals surface area contributed by atoms with Crippen LogP contribution in [0, 0.1) is 11.8 Å². The number of pyridine rings is 1. The molecule has 0 spiro atoms. The molecule has 5 heterocycles. The van der Waals surface area contributed by atoms with Crippen LogP contribution in [0.3, 0.4) is 0 Å². The van der Waals surface area contributed by atoms with Gasteiger partial charge in [-0.2, -0.15) is 24.0 Å². The Morgan fingerprint density at radius 3 is 2.60 bits per heavy atom. The fourth-order valence-corrected chi connectivity index (χ4v) is 6.14. The number of likely N-dealkylation sites (tertiary alicyclic amines) is 2. The third-order valence-electron chi connectivity index (χ3n) is 8.42. The van der Waals surface area contributed by atoms with Gasteiger partial charge < -0.3 is 15.1 Å². The SMILES string of the molecule is CN1CC[C@@H](C(=O)N2CCC[C@@H](C3=C4C=NC=C[N+]4(N)C(c4ccc(C(=O)Nc5cc(C(F)(F)F)ccn5)cc4)=N3)C2)C1. The van der Waals surface area contributed by atoms with Gasteiger partial charge >= 0.3 is 6.18 Å². The van der Waals surface area contributed by atoms with Gasteiger partial charge in [-0.25, -0.2) is 4.98 Å². The summed E-state index contributed by atoms with van der Waals surface area (Å²) in [5.41, 5.74) is 1.52. The number of piperidine rings is 1. The maximum absolute atomic E-state index is 13.3. The molecule has 0 saturated carbocycles. The van der Waals surface area contributed by atoms with Crippen molar-refractivity contribution in [3.05, 3.63) is 83.1 Å². The number of carbonyl (C=O) groups is 2. The van der Waals surface area contributed by atoms with Crippen LogP contribution in [0.25, 0.3) is 0 Å². The van der Waals surface area contributed by atoms with Crippen molar-refractivity contribution in [2.24, 2.45) is 27.7 Å². The fourth-order valence-electron chi connectivity index (χ4n) is 6.14. The number of benzene rings is 1. The van der Waals surface area contributed by atoms with Crippen LogP contribution in [0.5, 0.6) is 0 Å². The molecule has 4 aliphatic rings. The second-order valence-corrected chi connectivity index (χ2v) is 11.4. The van der Waals surface area contributed by atoms with Gasteiger partial charge in [-0.05, 0) is 69.3 Å². The van der Waals surface area contributed by atoms with Gasteiger partial charge in [0.25, 0.3) is 11.7 Å². The summed E-state index contributed by atoms with van der Waals surface area (Å²) in [5, 5.41) is 2.42. The molecule has 13 heteroatoms. The number of allylic oxidation sites excluding steroid dienone is 1. The number of aliphatic imine (C=N–C) groups is 2. The molecule has 43 heavy (non-hydrogen) atoms. The van der Waals surface area contributed by atoms with E-state index in [-0.39, 0.29) is 33.7 Å². The van der Waals surface area contributed by atoms with E-state index in [2.05, 4.69) is 20.2 Å². The fraction of sp³-hybridized carbons (Fsp3) is 0.367. The van der Waals surface area contributed by atoms with Crippen molar-refractivity contribution < 1.29 is 27.4 Å². The molecule has 6 rings (SSSR count). The minimum atomic E-state index is -4.55. The lowest BCUT2D eigenvalue weighted by atomic mass is 9.92. The van der Waals surface area contributed by atoms with Gasteiger partial charge in [-0.1, -0.05) is 0 Å². The summed E-state index contributed by atoms with van der Waals surface area (Å²) in [4.78, 5) is 43.4. The van der Waals surface area contributed by atoms with E-state index in [9.17, 15) is 22.8 Å². The Morgan fingerprint density at radius 2 is 1.88 bits per heavy atom. The van der Waals surface area contributed by atoms with Gasteiger partial charge in [0, 0.05) is 37.3 Å². The summed E-state index contributed by atoms with van der Waals surface area (Å²) in [6.07, 6.45) is 4.11. The van der Waals surface area contributed by atoms with Crippen LogP contribution < -0.4 is 11.2 Å². The summed E-state index contributed by atoms with van der Waals surface area (Å²) < 4.78 is 38.9. The highest BCUT2D eigenvalue weighted by Crippen LogP contribution is 2.38. The first-order chi connectivity index (χ1) is 20.5. The van der Waals surface area contributed by atoms with Crippen LogP contribution in [-0.4, -0.2) is 76.5 Å². The number of hydrogen-bond donors (Lipinski definition) is 2. The average Bonchev–Trinajstić information content (AvgIpc) is 3.57. The first kappa shape index (κ1) is 28.9. The zero-order valence-electron chi connectivity index (χ0n) is 23.6. The topological polar surface area (TPSA) is 116 Å². The second kappa shape index (κ2) is 11.1. The number of nitrogens with one attached hydrogen (secondary N) is 1. The van der Waals surface area contributed by atoms with Crippen LogP contribution in [0.15, 0.2) is 76.4 Å². The first-order valence-corrected chi connectivity index (χ1v) is 14.2. The van der Waals surface area contributed by atoms with Crippen molar-refractivity contribution >= 4 is 29.7 Å². The van der Waals surface area contributed by atoms with E-state index in [1.54, 1.807) is 42.9 Å². The number of amidine groups is 1. The van der Waals surface area contributed by atoms with Gasteiger partial charge in [0.05, 0.1) is 29.5 Å². The van der Waals surface area contributed by atoms with Crippen LogP contribution in [0.2, 0.25) is 0 Å². The van der Waals surface area contributed by atoms with Crippen LogP contribution in [0.1, 0.15) is 40.7 Å². The molecule has 1 aromatic carbocycles. The summed E-state index contributed by atoms with van der Waals surface area (Å²) in [6, 6.07) is 8.15. The summed E-state index contributed by atoms with van der Waals surface area (Å²) in [5.74, 6) is 6.85. The van der Waals surface area contributed by atoms with E-state index in [1.807, 2.05) is 11.9 Å². The highest BCUT2D eigenvalue weighted by Gasteiger charge is 2.47. The lowest BCUT2D eigenvalue weighted by molar-refractivity contribution is -0.750. The first-order valence-electron chi connectivity index (χ1n) is 14.2. The molecule has 224 valence electrons. The van der Waals surface area contributed by atoms with Crippen molar-refractivity contribution in [1.29, 1.82) is 0 Å². The molecule has 0 bridgehead atoms. The third kappa shape index (κ3) is 5.63. The Hall–Kier alpha value is -4.20. The Balaban J connectivity index is 1.21. The van der Waals surface area contributed by atoms with Gasteiger partial charge in [0.15, 0.2) is 0 Å². The number of fused-ring (bicyclic) bond motifs is 1. The molecule has 1 aromatic heterocycles. The molecule has 10 nitrogen and oxygen atoms in total. The number of carbonyl (C=O) groups excluding carboxylic acids is 2. The monoisotopic (exact) mass is 593 g/mol. The molecule has 0 aliphatic carbocycles. The van der Waals surface area contributed by atoms with Gasteiger partial charge in [0.1, 0.15) is 17.7 Å². The number of aromatic nitrogens is 1. The van der Waals surface area contributed by atoms with E-state index < -0.39 is 17.6 Å². The minimum Gasteiger partial charge on any atom is -0.342 e. The molecule has 2 amide bonds. The summed E-state index contributed by atoms with van der Waals surface area (Å²) in [7, 11) is 2.04. The molecule has 2 fully saturated rings. The van der Waals surface area contributed by atoms with E-state index >= 15 is 0 Å². The molecule has 0 radical (unpaired) electrons. The van der Waals surface area contributed by atoms with Crippen molar-refractivity contribution in [1.82, 2.24) is 14.8 Å². The number of quaternary nitrogens is 1. The molecule has 4 aliphatic heterocycles. The minimum absolute atomic E-state index is 0.00616. The highest BCUT2D eigenvalue weighted by molar-refractivity contribution is 6.05. The van der Waals surface area contributed by atoms with Crippen molar-refractivity contribution in [3.63, 3.8) is 0 Å². The van der Waals surface area contributed by atoms with E-state index in [0.29, 0.717) is 17.9 Å². The molecule has 2 saturated heterocycles. The zero-order valence-corrected chi connectivity index (χ0v) is 23.6. The molecule has 2 aromatic rings. The number of nitrogens with two attached hydrogens (primary N) is 1. The maximum atomic E-state index is 13.3. The number of nitrogens with zero attached hydrogens (tertiary/aromatic N) is 6. The third-order valence-corrected chi connectivity index (χ3v) is 8.42. The smallest absolute Gasteiger partial charge is 0.342 e. The quantitative estimate of drug-likeness (QED) is 0.405. The Bertz CT molecular complexity index is 1570. The van der Waals surface area contributed by atoms with E-state index in [4.69, 9.17) is 10.8 Å². The molecule has 3 N–H and O–H groups in total. The Labute approximate surface area is 246 Å². The number of halogens is 3. The maximum Gasteiger partial charge on any atom is 0.416 e. The van der Waals surface area contributed by atoms with Crippen LogP contribution in [-0.2, 0) is 11.0 Å². The molecule has 3 atom stereocenters. The van der Waals surface area contributed by atoms with Gasteiger partial charge in [0.2, 0.25) is 11.6 Å². The normalized spacial score (nSPS) is 25.6.